The first-order valence-electron chi connectivity index (χ1n) is 7.73. The highest BCUT2D eigenvalue weighted by atomic mass is 19.1. The molecule has 0 radical (unpaired) electrons. The van der Waals surface area contributed by atoms with E-state index in [2.05, 4.69) is 15.9 Å². The summed E-state index contributed by atoms with van der Waals surface area (Å²) in [5.74, 6) is -1.25. The number of hydrogen-bond acceptors (Lipinski definition) is 5. The topological polar surface area (TPSA) is 79.5 Å². The first-order valence-corrected chi connectivity index (χ1v) is 7.73. The van der Waals surface area contributed by atoms with Crippen LogP contribution in [0.4, 0.5) is 4.39 Å². The fourth-order valence-corrected chi connectivity index (χ4v) is 2.76. The van der Waals surface area contributed by atoms with Gasteiger partial charge in [0.25, 0.3) is 0 Å². The normalized spacial score (nSPS) is 17.3. The van der Waals surface area contributed by atoms with E-state index in [-0.39, 0.29) is 13.0 Å². The molecule has 0 atom stereocenters. The highest BCUT2D eigenvalue weighted by molar-refractivity contribution is 6.35. The summed E-state index contributed by atoms with van der Waals surface area (Å²) in [5.41, 5.74) is 4.25. The van der Waals surface area contributed by atoms with E-state index in [1.807, 2.05) is 6.07 Å². The second kappa shape index (κ2) is 5.99. The summed E-state index contributed by atoms with van der Waals surface area (Å²) < 4.78 is 18.0. The van der Waals surface area contributed by atoms with Crippen molar-refractivity contribution in [1.82, 2.24) is 19.9 Å². The quantitative estimate of drug-likeness (QED) is 0.624. The Morgan fingerprint density at radius 1 is 1.28 bits per heavy atom. The number of piperazine rings is 1. The third-order valence-corrected chi connectivity index (χ3v) is 4.10. The molecule has 0 spiro atoms. The van der Waals surface area contributed by atoms with Gasteiger partial charge in [0.2, 0.25) is 0 Å². The molecular formula is C17H13FN4O3. The lowest BCUT2D eigenvalue weighted by Gasteiger charge is -2.34. The highest BCUT2D eigenvalue weighted by Gasteiger charge is 2.36. The van der Waals surface area contributed by atoms with Gasteiger partial charge < -0.3 is 9.42 Å². The molecule has 0 aromatic carbocycles. The zero-order chi connectivity index (χ0) is 17.4. The zero-order valence-corrected chi connectivity index (χ0v) is 13.1. The number of halogens is 1. The maximum absolute atomic E-state index is 12.8. The first-order chi connectivity index (χ1) is 12.1. The van der Waals surface area contributed by atoms with Crippen LogP contribution in [-0.2, 0) is 16.1 Å². The summed E-state index contributed by atoms with van der Waals surface area (Å²) in [6.45, 7) is 0.791. The Hall–Kier alpha value is -3.25. The molecule has 0 saturated carbocycles. The SMILES string of the molecule is O=C1C(=O)N(C2=C=C(F)C2)CCN1Cc1cc(-c2cccnc2)no1. The molecule has 2 amide bonds. The molecular weight excluding hydrogens is 327 g/mol. The van der Waals surface area contributed by atoms with E-state index >= 15 is 0 Å². The van der Waals surface area contributed by atoms with Crippen LogP contribution in [0.25, 0.3) is 11.3 Å². The molecule has 4 rings (SSSR count). The van der Waals surface area contributed by atoms with E-state index in [9.17, 15) is 14.0 Å². The number of aromatic nitrogens is 2. The minimum absolute atomic E-state index is 0.0512. The third-order valence-electron chi connectivity index (χ3n) is 4.10. The van der Waals surface area contributed by atoms with Crippen LogP contribution in [0.1, 0.15) is 12.2 Å². The monoisotopic (exact) mass is 340 g/mol. The molecule has 8 heteroatoms. The summed E-state index contributed by atoms with van der Waals surface area (Å²) in [5, 5.41) is 3.96. The van der Waals surface area contributed by atoms with Gasteiger partial charge in [0.1, 0.15) is 5.69 Å². The second-order valence-corrected chi connectivity index (χ2v) is 5.76. The predicted octanol–water partition coefficient (Wildman–Crippen LogP) is 1.65. The van der Waals surface area contributed by atoms with Gasteiger partial charge in [-0.2, -0.15) is 0 Å². The summed E-state index contributed by atoms with van der Waals surface area (Å²) in [6, 6.07) is 5.35. The number of nitrogens with zero attached hydrogens (tertiary/aromatic N) is 4. The van der Waals surface area contributed by atoms with Gasteiger partial charge >= 0.3 is 11.8 Å². The summed E-state index contributed by atoms with van der Waals surface area (Å²) in [4.78, 5) is 31.1. The average molecular weight is 340 g/mol. The number of hydrogen-bond donors (Lipinski definition) is 0. The Kier molecular flexibility index (Phi) is 3.66. The van der Waals surface area contributed by atoms with E-state index in [0.29, 0.717) is 30.2 Å². The van der Waals surface area contributed by atoms with Crippen molar-refractivity contribution in [2.24, 2.45) is 0 Å². The van der Waals surface area contributed by atoms with E-state index in [4.69, 9.17) is 4.52 Å². The van der Waals surface area contributed by atoms with Crippen LogP contribution >= 0.6 is 0 Å². The third kappa shape index (κ3) is 2.83. The lowest BCUT2D eigenvalue weighted by atomic mass is 10.1. The van der Waals surface area contributed by atoms with Crippen LogP contribution in [0, 0.1) is 0 Å². The maximum atomic E-state index is 12.8. The smallest absolute Gasteiger partial charge is 0.316 e. The molecule has 2 aliphatic rings. The molecule has 126 valence electrons. The Labute approximate surface area is 142 Å². The zero-order valence-electron chi connectivity index (χ0n) is 13.1. The van der Waals surface area contributed by atoms with Crippen molar-refractivity contribution in [2.75, 3.05) is 13.1 Å². The van der Waals surface area contributed by atoms with Gasteiger partial charge in [0.15, 0.2) is 11.6 Å². The van der Waals surface area contributed by atoms with Crippen molar-refractivity contribution in [3.8, 4) is 11.3 Å². The first kappa shape index (κ1) is 15.3. The Morgan fingerprint density at radius 2 is 2.12 bits per heavy atom. The maximum Gasteiger partial charge on any atom is 0.316 e. The van der Waals surface area contributed by atoms with Crippen molar-refractivity contribution in [3.63, 3.8) is 0 Å². The minimum Gasteiger partial charge on any atom is -0.359 e. The summed E-state index contributed by atoms with van der Waals surface area (Å²) in [6.07, 6.45) is 3.37. The van der Waals surface area contributed by atoms with Crippen molar-refractivity contribution < 1.29 is 18.5 Å². The predicted molar refractivity (Wildman–Crippen MR) is 83.1 cm³/mol. The van der Waals surface area contributed by atoms with Gasteiger partial charge in [-0.15, -0.1) is 0 Å². The largest absolute Gasteiger partial charge is 0.359 e. The second-order valence-electron chi connectivity index (χ2n) is 5.76. The van der Waals surface area contributed by atoms with Gasteiger partial charge in [-0.05, 0) is 12.1 Å². The fraction of sp³-hybridized carbons (Fsp3) is 0.235. The van der Waals surface area contributed by atoms with Gasteiger partial charge in [0.05, 0.1) is 18.7 Å². The van der Waals surface area contributed by atoms with Crippen LogP contribution in [0.5, 0.6) is 0 Å². The van der Waals surface area contributed by atoms with Gasteiger partial charge in [-0.25, -0.2) is 4.39 Å². The van der Waals surface area contributed by atoms with Gasteiger partial charge in [-0.3, -0.25) is 19.5 Å². The van der Waals surface area contributed by atoms with Crippen LogP contribution in [0.15, 0.2) is 52.4 Å². The molecule has 1 aliphatic carbocycles. The molecule has 2 aromatic rings. The minimum atomic E-state index is -0.673. The molecule has 7 nitrogen and oxygen atoms in total. The molecule has 0 unspecified atom stereocenters. The molecule has 25 heavy (non-hydrogen) atoms. The standard InChI is InChI=1S/C17H13FN4O3/c18-12-6-13(7-12)22-5-4-21(16(23)17(22)24)10-14-8-15(20-25-14)11-2-1-3-19-9-11/h1-3,8-9H,4-6,10H2. The van der Waals surface area contributed by atoms with Crippen LogP contribution in [0.3, 0.4) is 0 Å². The van der Waals surface area contributed by atoms with E-state index in [0.717, 1.165) is 5.56 Å². The van der Waals surface area contributed by atoms with Gasteiger partial charge in [0, 0.05) is 37.1 Å². The molecule has 0 N–H and O–H groups in total. The number of pyridine rings is 1. The summed E-state index contributed by atoms with van der Waals surface area (Å²) in [7, 11) is 0. The van der Waals surface area contributed by atoms with E-state index in [1.54, 1.807) is 24.5 Å². The van der Waals surface area contributed by atoms with Crippen molar-refractivity contribution in [3.05, 3.63) is 53.6 Å². The molecule has 0 bridgehead atoms. The lowest BCUT2D eigenvalue weighted by Crippen LogP contribution is -2.53. The molecule has 1 aliphatic heterocycles. The Bertz CT molecular complexity index is 915. The number of rotatable bonds is 4. The Morgan fingerprint density at radius 3 is 2.84 bits per heavy atom. The van der Waals surface area contributed by atoms with Crippen LogP contribution in [-0.4, -0.2) is 44.8 Å². The Balaban J connectivity index is 1.46. The van der Waals surface area contributed by atoms with Crippen molar-refractivity contribution >= 4 is 11.8 Å². The number of amides is 2. The van der Waals surface area contributed by atoms with Crippen LogP contribution < -0.4 is 0 Å². The molecule has 1 fully saturated rings. The molecule has 3 heterocycles. The summed E-state index contributed by atoms with van der Waals surface area (Å²) >= 11 is 0. The lowest BCUT2D eigenvalue weighted by molar-refractivity contribution is -0.155. The van der Waals surface area contributed by atoms with Crippen LogP contribution in [0.2, 0.25) is 0 Å². The average Bonchev–Trinajstić information content (AvgIpc) is 3.06. The van der Waals surface area contributed by atoms with Gasteiger partial charge in [-0.1, -0.05) is 10.9 Å². The van der Waals surface area contributed by atoms with E-state index < -0.39 is 17.6 Å². The number of carbonyl (C=O) groups excluding carboxylic acids is 2. The molecule has 1 saturated heterocycles. The highest BCUT2D eigenvalue weighted by Crippen LogP contribution is 2.26. The van der Waals surface area contributed by atoms with Crippen molar-refractivity contribution in [1.29, 1.82) is 0 Å². The fourth-order valence-electron chi connectivity index (χ4n) is 2.76. The number of carbonyl (C=O) groups is 2. The van der Waals surface area contributed by atoms with E-state index in [1.165, 1.54) is 9.80 Å². The van der Waals surface area contributed by atoms with Crippen molar-refractivity contribution in [2.45, 2.75) is 13.0 Å². The molecule has 2 aromatic heterocycles.